The summed E-state index contributed by atoms with van der Waals surface area (Å²) < 4.78 is 37.8. The Morgan fingerprint density at radius 2 is 2.00 bits per heavy atom. The number of hydrogen-bond acceptors (Lipinski definition) is 5. The summed E-state index contributed by atoms with van der Waals surface area (Å²) >= 11 is 5.98. The van der Waals surface area contributed by atoms with Gasteiger partial charge in [-0.1, -0.05) is 11.6 Å². The molecule has 0 aromatic heterocycles. The van der Waals surface area contributed by atoms with Crippen LogP contribution in [0.3, 0.4) is 0 Å². The summed E-state index contributed by atoms with van der Waals surface area (Å²) in [5, 5.41) is 3.49. The molecule has 0 saturated carbocycles. The zero-order valence-corrected chi connectivity index (χ0v) is 15.5. The third-order valence-corrected chi connectivity index (χ3v) is 5.48. The molecule has 23 heavy (non-hydrogen) atoms. The number of nitrogens with one attached hydrogen (secondary N) is 1. The van der Waals surface area contributed by atoms with Crippen molar-refractivity contribution in [3.63, 3.8) is 0 Å². The van der Waals surface area contributed by atoms with Crippen molar-refractivity contribution in [1.82, 2.24) is 9.62 Å². The lowest BCUT2D eigenvalue weighted by Gasteiger charge is -2.27. The molecule has 1 aromatic rings. The minimum absolute atomic E-state index is 0. The normalized spacial score (nSPS) is 17.3. The number of sulfonamides is 1. The zero-order chi connectivity index (χ0) is 16.2. The molecule has 1 N–H and O–H groups in total. The van der Waals surface area contributed by atoms with Gasteiger partial charge in [0, 0.05) is 38.3 Å². The van der Waals surface area contributed by atoms with Crippen LogP contribution in [-0.4, -0.2) is 58.7 Å². The highest BCUT2D eigenvalue weighted by Crippen LogP contribution is 2.30. The molecule has 2 rings (SSSR count). The highest BCUT2D eigenvalue weighted by atomic mass is 35.5. The number of methoxy groups -OCH3 is 1. The van der Waals surface area contributed by atoms with Gasteiger partial charge in [-0.2, -0.15) is 4.31 Å². The third-order valence-electron chi connectivity index (χ3n) is 3.33. The van der Waals surface area contributed by atoms with Gasteiger partial charge in [-0.05, 0) is 25.1 Å². The fraction of sp³-hybridized carbons (Fsp3) is 0.571. The molecule has 1 heterocycles. The van der Waals surface area contributed by atoms with E-state index in [1.54, 1.807) is 19.2 Å². The first-order chi connectivity index (χ1) is 10.4. The van der Waals surface area contributed by atoms with Crippen molar-refractivity contribution in [2.75, 3.05) is 39.9 Å². The predicted molar refractivity (Wildman–Crippen MR) is 92.3 cm³/mol. The van der Waals surface area contributed by atoms with Gasteiger partial charge in [0.25, 0.3) is 0 Å². The average molecular weight is 385 g/mol. The summed E-state index contributed by atoms with van der Waals surface area (Å²) in [6.45, 7) is 4.32. The molecule has 0 bridgehead atoms. The van der Waals surface area contributed by atoms with Crippen LogP contribution >= 0.6 is 24.0 Å². The highest BCUT2D eigenvalue weighted by Gasteiger charge is 2.29. The van der Waals surface area contributed by atoms with Crippen LogP contribution in [0.2, 0.25) is 5.02 Å². The van der Waals surface area contributed by atoms with E-state index in [0.29, 0.717) is 43.6 Å². The van der Waals surface area contributed by atoms with Gasteiger partial charge < -0.3 is 14.8 Å². The van der Waals surface area contributed by atoms with Crippen molar-refractivity contribution in [1.29, 1.82) is 0 Å². The van der Waals surface area contributed by atoms with Gasteiger partial charge in [-0.3, -0.25) is 0 Å². The third kappa shape index (κ3) is 5.20. The van der Waals surface area contributed by atoms with Crippen molar-refractivity contribution in [2.45, 2.75) is 17.9 Å². The summed E-state index contributed by atoms with van der Waals surface area (Å²) in [7, 11) is -2.06. The molecule has 1 aliphatic rings. The summed E-state index contributed by atoms with van der Waals surface area (Å²) in [6, 6.07) is 4.64. The van der Waals surface area contributed by atoms with Gasteiger partial charge in [0.1, 0.15) is 16.7 Å². The second-order valence-corrected chi connectivity index (χ2v) is 7.47. The second-order valence-electron chi connectivity index (χ2n) is 5.13. The van der Waals surface area contributed by atoms with Crippen LogP contribution in [-0.2, 0) is 14.8 Å². The predicted octanol–water partition coefficient (Wildman–Crippen LogP) is 1.77. The standard InChI is InChI=1S/C14H21ClN2O4S.ClH/c1-11(10-20-2)21-13-4-3-12(15)9-14(13)22(18,19)17-7-5-16-6-8-17;/h3-4,9,11,16H,5-8,10H2,1-2H3;1H. The fourth-order valence-electron chi connectivity index (χ4n) is 2.29. The van der Waals surface area contributed by atoms with Crippen LogP contribution in [0.4, 0.5) is 0 Å². The Balaban J connectivity index is 0.00000264. The molecule has 1 aliphatic heterocycles. The number of nitrogens with zero attached hydrogens (tertiary/aromatic N) is 1. The summed E-state index contributed by atoms with van der Waals surface area (Å²) in [5.74, 6) is 0.299. The van der Waals surface area contributed by atoms with E-state index in [9.17, 15) is 8.42 Å². The van der Waals surface area contributed by atoms with Crippen LogP contribution < -0.4 is 10.1 Å². The molecule has 1 aromatic carbocycles. The molecule has 1 atom stereocenters. The van der Waals surface area contributed by atoms with E-state index in [0.717, 1.165) is 0 Å². The van der Waals surface area contributed by atoms with E-state index < -0.39 is 10.0 Å². The molecule has 0 amide bonds. The van der Waals surface area contributed by atoms with E-state index >= 15 is 0 Å². The Bertz CT molecular complexity index is 607. The molecule has 1 fully saturated rings. The average Bonchev–Trinajstić information content (AvgIpc) is 2.50. The van der Waals surface area contributed by atoms with Gasteiger partial charge in [0.2, 0.25) is 10.0 Å². The first kappa shape index (κ1) is 20.5. The Hall–Kier alpha value is -0.570. The van der Waals surface area contributed by atoms with E-state index in [1.165, 1.54) is 10.4 Å². The molecule has 1 saturated heterocycles. The number of hydrogen-bond donors (Lipinski definition) is 1. The molecule has 1 unspecified atom stereocenters. The number of halogens is 2. The van der Waals surface area contributed by atoms with Gasteiger partial charge >= 0.3 is 0 Å². The van der Waals surface area contributed by atoms with E-state index in [2.05, 4.69) is 5.32 Å². The monoisotopic (exact) mass is 384 g/mol. The van der Waals surface area contributed by atoms with Gasteiger partial charge in [0.05, 0.1) is 6.61 Å². The maximum atomic E-state index is 12.8. The number of rotatable bonds is 6. The first-order valence-electron chi connectivity index (χ1n) is 7.11. The fourth-order valence-corrected chi connectivity index (χ4v) is 4.11. The number of piperazine rings is 1. The maximum Gasteiger partial charge on any atom is 0.246 e. The van der Waals surface area contributed by atoms with Crippen molar-refractivity contribution >= 4 is 34.0 Å². The van der Waals surface area contributed by atoms with Crippen LogP contribution in [0.25, 0.3) is 0 Å². The molecule has 132 valence electrons. The topological polar surface area (TPSA) is 67.9 Å². The Morgan fingerprint density at radius 1 is 1.35 bits per heavy atom. The van der Waals surface area contributed by atoms with Crippen molar-refractivity contribution in [3.8, 4) is 5.75 Å². The molecule has 0 radical (unpaired) electrons. The Morgan fingerprint density at radius 3 is 2.61 bits per heavy atom. The minimum Gasteiger partial charge on any atom is -0.487 e. The van der Waals surface area contributed by atoms with E-state index in [-0.39, 0.29) is 23.4 Å². The molecule has 0 spiro atoms. The zero-order valence-electron chi connectivity index (χ0n) is 13.1. The van der Waals surface area contributed by atoms with Crippen LogP contribution in [0.15, 0.2) is 23.1 Å². The molecular formula is C14H22Cl2N2O4S. The Labute approximate surface area is 148 Å². The number of ether oxygens (including phenoxy) is 2. The molecular weight excluding hydrogens is 363 g/mol. The molecule has 9 heteroatoms. The largest absolute Gasteiger partial charge is 0.487 e. The second kappa shape index (κ2) is 9.05. The first-order valence-corrected chi connectivity index (χ1v) is 8.93. The highest BCUT2D eigenvalue weighted by molar-refractivity contribution is 7.89. The van der Waals surface area contributed by atoms with Gasteiger partial charge in [-0.15, -0.1) is 12.4 Å². The summed E-state index contributed by atoms with van der Waals surface area (Å²) in [4.78, 5) is 0.102. The summed E-state index contributed by atoms with van der Waals surface area (Å²) in [5.41, 5.74) is 0. The molecule has 6 nitrogen and oxygen atoms in total. The van der Waals surface area contributed by atoms with Crippen LogP contribution in [0.1, 0.15) is 6.92 Å². The summed E-state index contributed by atoms with van der Waals surface area (Å²) in [6.07, 6.45) is -0.261. The van der Waals surface area contributed by atoms with Crippen molar-refractivity contribution in [2.24, 2.45) is 0 Å². The minimum atomic E-state index is -3.63. The van der Waals surface area contributed by atoms with Gasteiger partial charge in [0.15, 0.2) is 0 Å². The van der Waals surface area contributed by atoms with E-state index in [4.69, 9.17) is 21.1 Å². The smallest absolute Gasteiger partial charge is 0.246 e. The lowest BCUT2D eigenvalue weighted by atomic mass is 10.3. The van der Waals surface area contributed by atoms with Crippen LogP contribution in [0.5, 0.6) is 5.75 Å². The quantitative estimate of drug-likeness (QED) is 0.809. The SMILES string of the molecule is COCC(C)Oc1ccc(Cl)cc1S(=O)(=O)N1CCNCC1.Cl. The molecule has 0 aliphatic carbocycles. The lowest BCUT2D eigenvalue weighted by molar-refractivity contribution is 0.0900. The van der Waals surface area contributed by atoms with Gasteiger partial charge in [-0.25, -0.2) is 8.42 Å². The van der Waals surface area contributed by atoms with E-state index in [1.807, 2.05) is 6.92 Å². The Kier molecular flexibility index (Phi) is 8.06. The van der Waals surface area contributed by atoms with Crippen LogP contribution in [0, 0.1) is 0 Å². The van der Waals surface area contributed by atoms with Crippen molar-refractivity contribution < 1.29 is 17.9 Å². The number of benzene rings is 1. The maximum absolute atomic E-state index is 12.8. The van der Waals surface area contributed by atoms with Crippen molar-refractivity contribution in [3.05, 3.63) is 23.2 Å². The lowest BCUT2D eigenvalue weighted by Crippen LogP contribution is -2.46.